The molecule has 0 saturated heterocycles. The summed E-state index contributed by atoms with van der Waals surface area (Å²) < 4.78 is 0. The van der Waals surface area contributed by atoms with Gasteiger partial charge in [-0.25, -0.2) is 0 Å². The van der Waals surface area contributed by atoms with Crippen LogP contribution in [0.5, 0.6) is 0 Å². The maximum Gasteiger partial charge on any atom is 0.0681 e. The predicted molar refractivity (Wildman–Crippen MR) is 40.9 cm³/mol. The van der Waals surface area contributed by atoms with Gasteiger partial charge in [0, 0.05) is 12.8 Å². The number of nitrogens with two attached hydrogens (primary N) is 1. The van der Waals surface area contributed by atoms with Crippen LogP contribution in [-0.2, 0) is 0 Å². The average molecular weight is 125 g/mol. The Bertz CT molecular complexity index is 135. The average Bonchev–Trinajstić information content (AvgIpc) is 1.85. The van der Waals surface area contributed by atoms with Crippen LogP contribution in [0.1, 0.15) is 6.92 Å². The van der Waals surface area contributed by atoms with Crippen molar-refractivity contribution in [3.63, 3.8) is 0 Å². The zero-order chi connectivity index (χ0) is 7.11. The standard InChI is InChI=1S/C6H11N3/c1-3-9-5-6(7)4-8-2/h4-5H,2-3,7H2,1H3/b6-4+,9-5?. The molecule has 0 heterocycles. The van der Waals surface area contributed by atoms with Crippen LogP contribution < -0.4 is 5.73 Å². The SMILES string of the molecule is C=N/C=C(/N)C=NCC. The van der Waals surface area contributed by atoms with E-state index in [1.807, 2.05) is 6.92 Å². The molecule has 0 radical (unpaired) electrons. The van der Waals surface area contributed by atoms with Crippen molar-refractivity contribution in [1.82, 2.24) is 0 Å². The molecule has 0 rings (SSSR count). The molecular weight excluding hydrogens is 114 g/mol. The number of rotatable bonds is 3. The minimum Gasteiger partial charge on any atom is -0.396 e. The van der Waals surface area contributed by atoms with Crippen LogP contribution in [0.4, 0.5) is 0 Å². The molecule has 0 saturated carbocycles. The summed E-state index contributed by atoms with van der Waals surface area (Å²) in [5, 5.41) is 0. The lowest BCUT2D eigenvalue weighted by molar-refractivity contribution is 1.14. The van der Waals surface area contributed by atoms with Crippen molar-refractivity contribution in [2.24, 2.45) is 15.7 Å². The van der Waals surface area contributed by atoms with Gasteiger partial charge >= 0.3 is 0 Å². The van der Waals surface area contributed by atoms with E-state index in [4.69, 9.17) is 5.73 Å². The summed E-state index contributed by atoms with van der Waals surface area (Å²) in [6.45, 7) is 5.92. The van der Waals surface area contributed by atoms with Gasteiger partial charge in [0.15, 0.2) is 0 Å². The third-order valence-corrected chi connectivity index (χ3v) is 0.663. The maximum atomic E-state index is 5.35. The fourth-order valence-electron chi connectivity index (χ4n) is 0.335. The molecular formula is C6H11N3. The molecule has 0 fully saturated rings. The van der Waals surface area contributed by atoms with E-state index in [0.717, 1.165) is 6.54 Å². The topological polar surface area (TPSA) is 50.7 Å². The zero-order valence-electron chi connectivity index (χ0n) is 5.54. The second-order valence-corrected chi connectivity index (χ2v) is 1.44. The minimum atomic E-state index is 0.534. The van der Waals surface area contributed by atoms with Gasteiger partial charge in [0.05, 0.1) is 11.9 Å². The highest BCUT2D eigenvalue weighted by atomic mass is 14.8. The first-order valence-corrected chi connectivity index (χ1v) is 2.72. The molecule has 3 nitrogen and oxygen atoms in total. The highest BCUT2D eigenvalue weighted by Gasteiger charge is 1.76. The Balaban J connectivity index is 3.74. The lowest BCUT2D eigenvalue weighted by Gasteiger charge is -1.85. The van der Waals surface area contributed by atoms with Gasteiger partial charge in [0.2, 0.25) is 0 Å². The number of aliphatic imine (C=N–C) groups is 2. The molecule has 50 valence electrons. The summed E-state index contributed by atoms with van der Waals surface area (Å²) in [4.78, 5) is 7.34. The highest BCUT2D eigenvalue weighted by Crippen LogP contribution is 1.78. The monoisotopic (exact) mass is 125 g/mol. The molecule has 0 aromatic rings. The highest BCUT2D eigenvalue weighted by molar-refractivity contribution is 5.77. The predicted octanol–water partition coefficient (Wildman–Crippen LogP) is 0.578. The van der Waals surface area contributed by atoms with Gasteiger partial charge in [-0.3, -0.25) is 9.98 Å². The molecule has 0 amide bonds. The van der Waals surface area contributed by atoms with Gasteiger partial charge in [-0.1, -0.05) is 0 Å². The molecule has 0 bridgehead atoms. The number of hydrogen-bond acceptors (Lipinski definition) is 3. The second kappa shape index (κ2) is 5.03. The fourth-order valence-corrected chi connectivity index (χ4v) is 0.335. The Morgan fingerprint density at radius 3 is 2.89 bits per heavy atom. The molecule has 0 atom stereocenters. The van der Waals surface area contributed by atoms with E-state index in [0.29, 0.717) is 5.70 Å². The molecule has 0 aliphatic heterocycles. The Morgan fingerprint density at radius 1 is 1.78 bits per heavy atom. The molecule has 0 aromatic carbocycles. The van der Waals surface area contributed by atoms with Crippen molar-refractivity contribution in [3.8, 4) is 0 Å². The Hall–Kier alpha value is -1.12. The van der Waals surface area contributed by atoms with Gasteiger partial charge in [0.25, 0.3) is 0 Å². The van der Waals surface area contributed by atoms with Crippen LogP contribution in [0.25, 0.3) is 0 Å². The maximum absolute atomic E-state index is 5.35. The molecule has 0 aliphatic rings. The lowest BCUT2D eigenvalue weighted by atomic mass is 10.5. The van der Waals surface area contributed by atoms with E-state index < -0.39 is 0 Å². The van der Waals surface area contributed by atoms with Crippen LogP contribution >= 0.6 is 0 Å². The van der Waals surface area contributed by atoms with Gasteiger partial charge < -0.3 is 5.73 Å². The quantitative estimate of drug-likeness (QED) is 0.551. The van der Waals surface area contributed by atoms with Crippen LogP contribution in [0, 0.1) is 0 Å². The van der Waals surface area contributed by atoms with Crippen molar-refractivity contribution in [1.29, 1.82) is 0 Å². The van der Waals surface area contributed by atoms with E-state index in [1.165, 1.54) is 6.20 Å². The van der Waals surface area contributed by atoms with Crippen molar-refractivity contribution in [2.75, 3.05) is 6.54 Å². The summed E-state index contributed by atoms with van der Waals surface area (Å²) in [6, 6.07) is 0. The summed E-state index contributed by atoms with van der Waals surface area (Å²) in [7, 11) is 0. The van der Waals surface area contributed by atoms with Gasteiger partial charge in [-0.15, -0.1) is 0 Å². The molecule has 0 spiro atoms. The number of nitrogens with zero attached hydrogens (tertiary/aromatic N) is 2. The first kappa shape index (κ1) is 7.88. The molecule has 9 heavy (non-hydrogen) atoms. The first-order valence-electron chi connectivity index (χ1n) is 2.72. The zero-order valence-corrected chi connectivity index (χ0v) is 5.54. The molecule has 3 heteroatoms. The van der Waals surface area contributed by atoms with E-state index >= 15 is 0 Å². The molecule has 2 N–H and O–H groups in total. The summed E-state index contributed by atoms with van der Waals surface area (Å²) in [5.74, 6) is 0. The molecule has 0 unspecified atom stereocenters. The third kappa shape index (κ3) is 4.74. The van der Waals surface area contributed by atoms with Crippen LogP contribution in [0.2, 0.25) is 0 Å². The van der Waals surface area contributed by atoms with Crippen molar-refractivity contribution in [2.45, 2.75) is 6.92 Å². The Morgan fingerprint density at radius 2 is 2.44 bits per heavy atom. The summed E-state index contributed by atoms with van der Waals surface area (Å²) in [6.07, 6.45) is 3.02. The Kier molecular flexibility index (Phi) is 4.40. The lowest BCUT2D eigenvalue weighted by Crippen LogP contribution is -1.97. The molecule has 0 aromatic heterocycles. The smallest absolute Gasteiger partial charge is 0.0681 e. The van der Waals surface area contributed by atoms with Gasteiger partial charge in [-0.2, -0.15) is 0 Å². The fraction of sp³-hybridized carbons (Fsp3) is 0.333. The first-order chi connectivity index (χ1) is 4.31. The van der Waals surface area contributed by atoms with Crippen LogP contribution in [-0.4, -0.2) is 19.5 Å². The number of hydrogen-bond donors (Lipinski definition) is 1. The Labute approximate surface area is 55.0 Å². The normalized spacial score (nSPS) is 12.3. The van der Waals surface area contributed by atoms with Crippen molar-refractivity contribution in [3.05, 3.63) is 11.9 Å². The van der Waals surface area contributed by atoms with Crippen molar-refractivity contribution < 1.29 is 0 Å². The van der Waals surface area contributed by atoms with Gasteiger partial charge in [0.1, 0.15) is 0 Å². The summed E-state index contributed by atoms with van der Waals surface area (Å²) in [5.41, 5.74) is 5.88. The third-order valence-electron chi connectivity index (χ3n) is 0.663. The second-order valence-electron chi connectivity index (χ2n) is 1.44. The number of allylic oxidation sites excluding steroid dienone is 1. The van der Waals surface area contributed by atoms with E-state index in [2.05, 4.69) is 16.7 Å². The summed E-state index contributed by atoms with van der Waals surface area (Å²) >= 11 is 0. The van der Waals surface area contributed by atoms with Crippen LogP contribution in [0.15, 0.2) is 21.9 Å². The minimum absolute atomic E-state index is 0.534. The van der Waals surface area contributed by atoms with E-state index in [1.54, 1.807) is 6.21 Å². The van der Waals surface area contributed by atoms with Gasteiger partial charge in [-0.05, 0) is 13.6 Å². The van der Waals surface area contributed by atoms with E-state index in [9.17, 15) is 0 Å². The largest absolute Gasteiger partial charge is 0.396 e. The van der Waals surface area contributed by atoms with Crippen LogP contribution in [0.3, 0.4) is 0 Å². The van der Waals surface area contributed by atoms with Crippen molar-refractivity contribution >= 4 is 12.9 Å². The van der Waals surface area contributed by atoms with E-state index in [-0.39, 0.29) is 0 Å². The molecule has 0 aliphatic carbocycles.